The van der Waals surface area contributed by atoms with E-state index in [1.807, 2.05) is 13.0 Å². The molecule has 5 rings (SSSR count). The number of aromatic amines is 1. The van der Waals surface area contributed by atoms with Gasteiger partial charge in [-0.05, 0) is 43.9 Å². The minimum absolute atomic E-state index is 0.0399. The number of benzene rings is 1. The number of fused-ring (bicyclic) bond motifs is 4. The summed E-state index contributed by atoms with van der Waals surface area (Å²) in [7, 11) is 0. The molecule has 1 aromatic heterocycles. The van der Waals surface area contributed by atoms with Gasteiger partial charge in [0.2, 0.25) is 6.79 Å². The topological polar surface area (TPSA) is 67.5 Å². The molecule has 1 aromatic carbocycles. The van der Waals surface area contributed by atoms with Crippen molar-refractivity contribution in [1.29, 1.82) is 0 Å². The van der Waals surface area contributed by atoms with Gasteiger partial charge in [0.1, 0.15) is 5.82 Å². The van der Waals surface area contributed by atoms with Gasteiger partial charge in [-0.25, -0.2) is 4.98 Å². The molecule has 1 saturated heterocycles. The van der Waals surface area contributed by atoms with Crippen LogP contribution < -0.4 is 15.0 Å². The minimum Gasteiger partial charge on any atom is -0.454 e. The van der Waals surface area contributed by atoms with Crippen molar-refractivity contribution in [2.45, 2.75) is 51.2 Å². The lowest BCUT2D eigenvalue weighted by Gasteiger charge is -2.27. The third-order valence-electron chi connectivity index (χ3n) is 5.66. The van der Waals surface area contributed by atoms with E-state index in [4.69, 9.17) is 9.47 Å². The summed E-state index contributed by atoms with van der Waals surface area (Å²) in [5.74, 6) is 2.36. The fourth-order valence-electron chi connectivity index (χ4n) is 4.47. The molecule has 0 amide bonds. The Kier molecular flexibility index (Phi) is 3.35. The van der Waals surface area contributed by atoms with Crippen LogP contribution in [0.1, 0.15) is 35.5 Å². The fourth-order valence-corrected chi connectivity index (χ4v) is 4.47. The highest BCUT2D eigenvalue weighted by molar-refractivity contribution is 5.44. The first-order chi connectivity index (χ1) is 12.2. The second-order valence-corrected chi connectivity index (χ2v) is 7.23. The molecular weight excluding hydrogens is 318 g/mol. The zero-order valence-electron chi connectivity index (χ0n) is 14.2. The van der Waals surface area contributed by atoms with E-state index in [0.717, 1.165) is 48.6 Å². The van der Waals surface area contributed by atoms with Crippen molar-refractivity contribution in [3.8, 4) is 11.5 Å². The molecule has 6 nitrogen and oxygen atoms in total. The quantitative estimate of drug-likeness (QED) is 0.906. The zero-order chi connectivity index (χ0) is 17.0. The molecule has 130 valence electrons. The van der Waals surface area contributed by atoms with Crippen LogP contribution in [0.15, 0.2) is 23.0 Å². The van der Waals surface area contributed by atoms with Crippen LogP contribution in [0.25, 0.3) is 0 Å². The average molecular weight is 339 g/mol. The summed E-state index contributed by atoms with van der Waals surface area (Å²) in [6.45, 7) is 3.03. The van der Waals surface area contributed by atoms with Crippen LogP contribution in [0.3, 0.4) is 0 Å². The average Bonchev–Trinajstić information content (AvgIpc) is 3.13. The van der Waals surface area contributed by atoms with Gasteiger partial charge in [-0.2, -0.15) is 0 Å². The fraction of sp³-hybridized carbons (Fsp3) is 0.474. The van der Waals surface area contributed by atoms with Crippen molar-refractivity contribution in [3.05, 3.63) is 51.2 Å². The van der Waals surface area contributed by atoms with Crippen molar-refractivity contribution in [2.75, 3.05) is 6.79 Å². The predicted octanol–water partition coefficient (Wildman–Crippen LogP) is 1.94. The monoisotopic (exact) mass is 339 g/mol. The van der Waals surface area contributed by atoms with Crippen LogP contribution in [0.2, 0.25) is 0 Å². The molecule has 0 aliphatic carbocycles. The second-order valence-electron chi connectivity index (χ2n) is 7.23. The van der Waals surface area contributed by atoms with E-state index in [9.17, 15) is 4.79 Å². The van der Waals surface area contributed by atoms with Crippen LogP contribution in [-0.2, 0) is 19.4 Å². The van der Waals surface area contributed by atoms with Gasteiger partial charge in [-0.3, -0.25) is 9.69 Å². The second kappa shape index (κ2) is 5.59. The summed E-state index contributed by atoms with van der Waals surface area (Å²) < 4.78 is 10.9. The Bertz CT molecular complexity index is 892. The lowest BCUT2D eigenvalue weighted by Crippen LogP contribution is -2.36. The van der Waals surface area contributed by atoms with Crippen molar-refractivity contribution < 1.29 is 9.47 Å². The number of nitrogens with zero attached hydrogens (tertiary/aromatic N) is 2. The summed E-state index contributed by atoms with van der Waals surface area (Å²) in [5.41, 5.74) is 3.14. The molecule has 1 fully saturated rings. The third-order valence-corrected chi connectivity index (χ3v) is 5.66. The smallest absolute Gasteiger partial charge is 0.254 e. The Morgan fingerprint density at radius 3 is 2.88 bits per heavy atom. The van der Waals surface area contributed by atoms with Gasteiger partial charge in [0.25, 0.3) is 5.56 Å². The molecule has 3 aliphatic heterocycles. The van der Waals surface area contributed by atoms with Crippen LogP contribution in [0, 0.1) is 6.92 Å². The number of rotatable bonds is 2. The van der Waals surface area contributed by atoms with E-state index < -0.39 is 0 Å². The Hall–Kier alpha value is -2.34. The third kappa shape index (κ3) is 2.52. The zero-order valence-corrected chi connectivity index (χ0v) is 14.2. The number of ether oxygens (including phenoxy) is 2. The summed E-state index contributed by atoms with van der Waals surface area (Å²) >= 11 is 0. The summed E-state index contributed by atoms with van der Waals surface area (Å²) in [6.07, 6.45) is 3.96. The van der Waals surface area contributed by atoms with E-state index in [1.165, 1.54) is 12.0 Å². The Morgan fingerprint density at radius 1 is 1.20 bits per heavy atom. The number of aryl methyl sites for hydroxylation is 1. The van der Waals surface area contributed by atoms with E-state index in [-0.39, 0.29) is 5.56 Å². The summed E-state index contributed by atoms with van der Waals surface area (Å²) in [5, 5.41) is 0. The molecule has 2 atom stereocenters. The van der Waals surface area contributed by atoms with Gasteiger partial charge in [-0.1, -0.05) is 6.07 Å². The number of nitrogens with one attached hydrogen (secondary N) is 1. The van der Waals surface area contributed by atoms with Crippen molar-refractivity contribution in [3.63, 3.8) is 0 Å². The Labute approximate surface area is 145 Å². The molecule has 0 radical (unpaired) electrons. The van der Waals surface area contributed by atoms with Crippen molar-refractivity contribution >= 4 is 0 Å². The first-order valence-corrected chi connectivity index (χ1v) is 8.90. The summed E-state index contributed by atoms with van der Waals surface area (Å²) in [4.78, 5) is 22.4. The molecular formula is C19H21N3O3. The van der Waals surface area contributed by atoms with E-state index >= 15 is 0 Å². The maximum absolute atomic E-state index is 12.4. The lowest BCUT2D eigenvalue weighted by molar-refractivity contribution is 0.173. The number of hydrogen-bond acceptors (Lipinski definition) is 5. The van der Waals surface area contributed by atoms with E-state index in [2.05, 4.69) is 27.0 Å². The van der Waals surface area contributed by atoms with Gasteiger partial charge in [0.15, 0.2) is 11.5 Å². The lowest BCUT2D eigenvalue weighted by atomic mass is 9.98. The molecule has 0 saturated carbocycles. The molecule has 4 heterocycles. The Balaban J connectivity index is 1.44. The van der Waals surface area contributed by atoms with Crippen LogP contribution in [-0.4, -0.2) is 33.7 Å². The molecule has 0 unspecified atom stereocenters. The van der Waals surface area contributed by atoms with Gasteiger partial charge >= 0.3 is 0 Å². The first kappa shape index (κ1) is 15.0. The largest absolute Gasteiger partial charge is 0.454 e. The van der Waals surface area contributed by atoms with Crippen LogP contribution in [0.5, 0.6) is 11.5 Å². The molecule has 6 heteroatoms. The van der Waals surface area contributed by atoms with Gasteiger partial charge in [-0.15, -0.1) is 0 Å². The van der Waals surface area contributed by atoms with Crippen molar-refractivity contribution in [2.24, 2.45) is 0 Å². The molecule has 3 aliphatic rings. The predicted molar refractivity (Wildman–Crippen MR) is 91.9 cm³/mol. The molecule has 2 bridgehead atoms. The highest BCUT2D eigenvalue weighted by atomic mass is 16.7. The molecule has 1 N–H and O–H groups in total. The van der Waals surface area contributed by atoms with Crippen molar-refractivity contribution in [1.82, 2.24) is 14.9 Å². The van der Waals surface area contributed by atoms with Gasteiger partial charge in [0, 0.05) is 30.6 Å². The molecule has 25 heavy (non-hydrogen) atoms. The highest BCUT2D eigenvalue weighted by Gasteiger charge is 2.38. The van der Waals surface area contributed by atoms with E-state index in [0.29, 0.717) is 24.7 Å². The highest BCUT2D eigenvalue weighted by Crippen LogP contribution is 2.36. The number of H-pyrrole nitrogens is 1. The molecule has 0 spiro atoms. The Morgan fingerprint density at radius 2 is 2.00 bits per heavy atom. The minimum atomic E-state index is 0.0399. The van der Waals surface area contributed by atoms with Gasteiger partial charge in [0.05, 0.1) is 5.69 Å². The number of hydrogen-bond donors (Lipinski definition) is 1. The van der Waals surface area contributed by atoms with Crippen LogP contribution in [0.4, 0.5) is 0 Å². The number of aromatic nitrogens is 2. The summed E-state index contributed by atoms with van der Waals surface area (Å²) in [6, 6.07) is 7.03. The normalized spacial score (nSPS) is 24.2. The standard InChI is InChI=1S/C19H21N3O3/c1-11-20-16-8-14-4-3-13(7-15(16)19(23)21-11)22(14)9-12-2-5-17-18(6-12)25-10-24-17/h2,5-6,13-14H,3-4,7-10H2,1H3,(H,20,21,23)/t13-,14+/m0/s1. The van der Waals surface area contributed by atoms with E-state index in [1.54, 1.807) is 0 Å². The molecule has 2 aromatic rings. The van der Waals surface area contributed by atoms with Gasteiger partial charge < -0.3 is 14.5 Å². The SMILES string of the molecule is Cc1nc2c(c(=O)[nH]1)C[C@@H]1CC[C@H](C2)N1Cc1ccc2c(c1)OCO2. The first-order valence-electron chi connectivity index (χ1n) is 8.90. The maximum Gasteiger partial charge on any atom is 0.254 e. The van der Waals surface area contributed by atoms with Crippen LogP contribution >= 0.6 is 0 Å². The maximum atomic E-state index is 12.4.